The van der Waals surface area contributed by atoms with Gasteiger partial charge in [0.05, 0.1) is 11.8 Å². The van der Waals surface area contributed by atoms with Crippen LogP contribution >= 0.6 is 0 Å². The van der Waals surface area contributed by atoms with Crippen molar-refractivity contribution in [2.45, 2.75) is 65.1 Å². The zero-order valence-electron chi connectivity index (χ0n) is 14.2. The van der Waals surface area contributed by atoms with Gasteiger partial charge in [-0.05, 0) is 44.4 Å². The van der Waals surface area contributed by atoms with Crippen molar-refractivity contribution in [2.24, 2.45) is 23.2 Å². The Balaban J connectivity index is 2.17. The molecule has 23 heavy (non-hydrogen) atoms. The molecule has 2 heterocycles. The average Bonchev–Trinajstić information content (AvgIpc) is 2.63. The summed E-state index contributed by atoms with van der Waals surface area (Å²) < 4.78 is 11.0. The third-order valence-electron chi connectivity index (χ3n) is 6.39. The number of rotatable bonds is 2. The van der Waals surface area contributed by atoms with Gasteiger partial charge < -0.3 is 9.84 Å². The minimum Gasteiger partial charge on any atom is -0.407 e. The number of ether oxygens (including phenoxy) is 2. The Hall–Kier alpha value is -0.950. The lowest BCUT2D eigenvalue weighted by Crippen LogP contribution is -2.64. The fraction of sp³-hybridized carbons (Fsp3) is 0.824. The van der Waals surface area contributed by atoms with Crippen LogP contribution in [0, 0.1) is 23.2 Å². The van der Waals surface area contributed by atoms with Crippen LogP contribution in [0.5, 0.6) is 0 Å². The molecule has 0 radical (unpaired) electrons. The van der Waals surface area contributed by atoms with E-state index in [2.05, 4.69) is 11.0 Å². The van der Waals surface area contributed by atoms with Gasteiger partial charge in [-0.25, -0.2) is 10.1 Å². The van der Waals surface area contributed by atoms with Crippen LogP contribution in [0.2, 0.25) is 0 Å². The maximum Gasteiger partial charge on any atom is 0.333 e. The molecule has 3 aliphatic rings. The lowest BCUT2D eigenvalue weighted by atomic mass is 9.53. The summed E-state index contributed by atoms with van der Waals surface area (Å²) in [6.45, 7) is 7.48. The van der Waals surface area contributed by atoms with Crippen molar-refractivity contribution in [1.29, 1.82) is 0 Å². The first-order valence-electron chi connectivity index (χ1n) is 8.36. The summed E-state index contributed by atoms with van der Waals surface area (Å²) in [5.74, 6) is -4.66. The van der Waals surface area contributed by atoms with Crippen LogP contribution in [0.15, 0.2) is 11.6 Å². The van der Waals surface area contributed by atoms with Crippen LogP contribution in [-0.4, -0.2) is 28.1 Å². The SMILES string of the molecule is CC[C@]12CC=C(C)C3CCC(C)(OO)O[C@@](O)(OC(=O)[C@@H]1C)C32. The first kappa shape index (κ1) is 16.9. The molecule has 2 fully saturated rings. The molecule has 2 N–H and O–H groups in total. The molecule has 0 saturated carbocycles. The molecule has 2 saturated heterocycles. The van der Waals surface area contributed by atoms with E-state index in [0.717, 1.165) is 12.0 Å². The maximum atomic E-state index is 12.4. The number of esters is 1. The molecule has 0 spiro atoms. The van der Waals surface area contributed by atoms with Crippen LogP contribution < -0.4 is 0 Å². The topological polar surface area (TPSA) is 85.2 Å². The molecule has 3 unspecified atom stereocenters. The van der Waals surface area contributed by atoms with Gasteiger partial charge in [0.15, 0.2) is 0 Å². The summed E-state index contributed by atoms with van der Waals surface area (Å²) in [4.78, 5) is 16.9. The Labute approximate surface area is 136 Å². The van der Waals surface area contributed by atoms with Gasteiger partial charge in [0, 0.05) is 6.42 Å². The van der Waals surface area contributed by atoms with Crippen molar-refractivity contribution in [3.63, 3.8) is 0 Å². The lowest BCUT2D eigenvalue weighted by molar-refractivity contribution is -0.498. The summed E-state index contributed by atoms with van der Waals surface area (Å²) in [6, 6.07) is 0. The second kappa shape index (κ2) is 5.28. The minimum absolute atomic E-state index is 0.0150. The van der Waals surface area contributed by atoms with Crippen LogP contribution in [0.3, 0.4) is 0 Å². The largest absolute Gasteiger partial charge is 0.407 e. The first-order chi connectivity index (χ1) is 10.7. The normalized spacial score (nSPS) is 49.7. The second-order valence-electron chi connectivity index (χ2n) is 7.46. The third kappa shape index (κ3) is 2.27. The van der Waals surface area contributed by atoms with Crippen LogP contribution in [0.4, 0.5) is 0 Å². The Morgan fingerprint density at radius 2 is 2.17 bits per heavy atom. The van der Waals surface area contributed by atoms with Gasteiger partial charge >= 0.3 is 11.9 Å². The molecule has 0 aromatic heterocycles. The Kier molecular flexibility index (Phi) is 3.87. The minimum atomic E-state index is -2.09. The number of carbonyl (C=O) groups is 1. The van der Waals surface area contributed by atoms with Gasteiger partial charge in [0.2, 0.25) is 5.79 Å². The molecule has 0 aromatic rings. The van der Waals surface area contributed by atoms with Crippen molar-refractivity contribution in [3.05, 3.63) is 11.6 Å². The summed E-state index contributed by atoms with van der Waals surface area (Å²) >= 11 is 0. The van der Waals surface area contributed by atoms with E-state index in [4.69, 9.17) is 9.47 Å². The fourth-order valence-corrected chi connectivity index (χ4v) is 4.88. The highest BCUT2D eigenvalue weighted by molar-refractivity contribution is 5.74. The number of hydrogen-bond acceptors (Lipinski definition) is 6. The van der Waals surface area contributed by atoms with Gasteiger partial charge in [0.25, 0.3) is 0 Å². The molecule has 1 aliphatic carbocycles. The standard InChI is InChI=1S/C17H26O6/c1-5-16-9-6-10(2)12-7-8-15(4,23-20)22-17(19,13(12)16)21-14(18)11(16)3/h6,11-13,19-20H,5,7-9H2,1-4H3/t11-,12?,13?,15?,16-,17-/m0/s1. The zero-order chi connectivity index (χ0) is 17.0. The summed E-state index contributed by atoms with van der Waals surface area (Å²) in [5.41, 5.74) is 0.739. The van der Waals surface area contributed by atoms with Crippen molar-refractivity contribution >= 4 is 5.97 Å². The van der Waals surface area contributed by atoms with E-state index in [1.165, 1.54) is 0 Å². The fourth-order valence-electron chi connectivity index (χ4n) is 4.88. The molecule has 6 nitrogen and oxygen atoms in total. The molecule has 0 amide bonds. The molecule has 0 aromatic carbocycles. The lowest BCUT2D eigenvalue weighted by Gasteiger charge is -2.56. The highest BCUT2D eigenvalue weighted by Gasteiger charge is 2.67. The predicted octanol–water partition coefficient (Wildman–Crippen LogP) is 2.82. The first-order valence-corrected chi connectivity index (χ1v) is 8.36. The van der Waals surface area contributed by atoms with E-state index < -0.39 is 23.1 Å². The average molecular weight is 326 g/mol. The Bertz CT molecular complexity index is 545. The molecule has 2 aliphatic heterocycles. The molecule has 3 rings (SSSR count). The molecule has 6 atom stereocenters. The van der Waals surface area contributed by atoms with Crippen molar-refractivity contribution < 1.29 is 29.5 Å². The van der Waals surface area contributed by atoms with Gasteiger partial charge in [-0.1, -0.05) is 25.5 Å². The van der Waals surface area contributed by atoms with Crippen molar-refractivity contribution in [3.8, 4) is 0 Å². The van der Waals surface area contributed by atoms with Gasteiger partial charge in [-0.3, -0.25) is 9.53 Å². The van der Waals surface area contributed by atoms with Gasteiger partial charge in [-0.15, -0.1) is 0 Å². The number of hydrogen-bond donors (Lipinski definition) is 2. The number of carbonyl (C=O) groups excluding carboxylic acids is 1. The molecule has 0 bridgehead atoms. The third-order valence-corrected chi connectivity index (χ3v) is 6.39. The van der Waals surface area contributed by atoms with E-state index >= 15 is 0 Å². The van der Waals surface area contributed by atoms with E-state index in [9.17, 15) is 15.2 Å². The molecular formula is C17H26O6. The van der Waals surface area contributed by atoms with Crippen LogP contribution in [-0.2, 0) is 19.2 Å². The Morgan fingerprint density at radius 1 is 1.48 bits per heavy atom. The summed E-state index contributed by atoms with van der Waals surface area (Å²) in [7, 11) is 0. The smallest absolute Gasteiger partial charge is 0.333 e. The number of aliphatic hydroxyl groups is 1. The van der Waals surface area contributed by atoms with Crippen molar-refractivity contribution in [1.82, 2.24) is 0 Å². The predicted molar refractivity (Wildman–Crippen MR) is 80.7 cm³/mol. The highest BCUT2D eigenvalue weighted by Crippen LogP contribution is 2.61. The molecule has 130 valence electrons. The Morgan fingerprint density at radius 3 is 2.78 bits per heavy atom. The van der Waals surface area contributed by atoms with Crippen LogP contribution in [0.1, 0.15) is 53.4 Å². The van der Waals surface area contributed by atoms with E-state index in [1.807, 2.05) is 20.8 Å². The van der Waals surface area contributed by atoms with E-state index in [0.29, 0.717) is 19.3 Å². The van der Waals surface area contributed by atoms with E-state index in [-0.39, 0.29) is 17.8 Å². The van der Waals surface area contributed by atoms with Crippen LogP contribution in [0.25, 0.3) is 0 Å². The molecular weight excluding hydrogens is 300 g/mol. The maximum absolute atomic E-state index is 12.4. The van der Waals surface area contributed by atoms with Gasteiger partial charge in [-0.2, -0.15) is 0 Å². The van der Waals surface area contributed by atoms with E-state index in [1.54, 1.807) is 6.92 Å². The quantitative estimate of drug-likeness (QED) is 0.351. The highest BCUT2D eigenvalue weighted by atomic mass is 17.2. The monoisotopic (exact) mass is 326 g/mol. The number of allylic oxidation sites excluding steroid dienone is 2. The summed E-state index contributed by atoms with van der Waals surface area (Å²) in [6.07, 6.45) is 4.68. The zero-order valence-corrected chi connectivity index (χ0v) is 14.2. The summed E-state index contributed by atoms with van der Waals surface area (Å²) in [5, 5.41) is 20.4. The second-order valence-corrected chi connectivity index (χ2v) is 7.46. The van der Waals surface area contributed by atoms with Crippen molar-refractivity contribution in [2.75, 3.05) is 0 Å². The van der Waals surface area contributed by atoms with Gasteiger partial charge in [0.1, 0.15) is 0 Å². The molecule has 6 heteroatoms.